The Morgan fingerprint density at radius 2 is 2.06 bits per heavy atom. The molecule has 0 spiro atoms. The van der Waals surface area contributed by atoms with Crippen LogP contribution >= 0.6 is 11.3 Å². The van der Waals surface area contributed by atoms with Gasteiger partial charge in [-0.05, 0) is 0 Å². The van der Waals surface area contributed by atoms with Crippen LogP contribution in [0.2, 0.25) is 0 Å². The van der Waals surface area contributed by atoms with E-state index in [0.29, 0.717) is 5.13 Å². The maximum Gasteiger partial charge on any atom is 0.394 e. The van der Waals surface area contributed by atoms with Crippen LogP contribution in [0.4, 0.5) is 18.3 Å². The Kier molecular flexibility index (Phi) is 3.34. The number of nitrogens with zero attached hydrogens (tertiary/aromatic N) is 2. The van der Waals surface area contributed by atoms with Crippen molar-refractivity contribution in [3.8, 4) is 0 Å². The second kappa shape index (κ2) is 4.58. The Bertz CT molecular complexity index is 344. The Balaban J connectivity index is 2.01. The molecule has 1 aromatic rings. The van der Waals surface area contributed by atoms with Crippen molar-refractivity contribution in [3.05, 3.63) is 11.1 Å². The summed E-state index contributed by atoms with van der Waals surface area (Å²) in [5.74, 6) is 0. The van der Waals surface area contributed by atoms with Crippen LogP contribution in [-0.2, 0) is 6.42 Å². The van der Waals surface area contributed by atoms with Crippen molar-refractivity contribution in [2.75, 3.05) is 31.1 Å². The second-order valence-electron chi connectivity index (χ2n) is 3.65. The number of anilines is 1. The molecule has 1 saturated heterocycles. The lowest BCUT2D eigenvalue weighted by molar-refractivity contribution is -0.127. The fourth-order valence-electron chi connectivity index (χ4n) is 1.58. The first-order chi connectivity index (χ1) is 7.54. The zero-order valence-electron chi connectivity index (χ0n) is 8.55. The molecule has 1 aliphatic rings. The summed E-state index contributed by atoms with van der Waals surface area (Å²) in [6.07, 6.45) is -5.11. The van der Waals surface area contributed by atoms with Crippen molar-refractivity contribution in [2.45, 2.75) is 12.6 Å². The van der Waals surface area contributed by atoms with E-state index in [1.165, 1.54) is 16.7 Å². The Hall–Kier alpha value is -0.820. The van der Waals surface area contributed by atoms with Crippen molar-refractivity contribution < 1.29 is 13.2 Å². The van der Waals surface area contributed by atoms with Gasteiger partial charge in [0.05, 0.1) is 12.1 Å². The van der Waals surface area contributed by atoms with Crippen LogP contribution in [-0.4, -0.2) is 37.3 Å². The minimum absolute atomic E-state index is 0.117. The van der Waals surface area contributed by atoms with Crippen molar-refractivity contribution >= 4 is 16.5 Å². The molecule has 2 rings (SSSR count). The lowest BCUT2D eigenvalue weighted by Gasteiger charge is -2.26. The molecule has 3 nitrogen and oxygen atoms in total. The van der Waals surface area contributed by atoms with Crippen LogP contribution in [0.1, 0.15) is 5.69 Å². The summed E-state index contributed by atoms with van der Waals surface area (Å²) in [7, 11) is 0. The molecule has 0 aromatic carbocycles. The fraction of sp³-hybridized carbons (Fsp3) is 0.667. The van der Waals surface area contributed by atoms with Crippen molar-refractivity contribution in [2.24, 2.45) is 0 Å². The van der Waals surface area contributed by atoms with Gasteiger partial charge in [-0.3, -0.25) is 0 Å². The van der Waals surface area contributed by atoms with Gasteiger partial charge in [0.2, 0.25) is 0 Å². The van der Waals surface area contributed by atoms with Crippen LogP contribution < -0.4 is 10.2 Å². The van der Waals surface area contributed by atoms with Crippen LogP contribution in [0, 0.1) is 0 Å². The molecule has 1 N–H and O–H groups in total. The van der Waals surface area contributed by atoms with Gasteiger partial charge in [0.25, 0.3) is 0 Å². The van der Waals surface area contributed by atoms with Crippen molar-refractivity contribution in [1.29, 1.82) is 0 Å². The number of piperazine rings is 1. The molecule has 0 aliphatic carbocycles. The average molecular weight is 251 g/mol. The van der Waals surface area contributed by atoms with E-state index < -0.39 is 12.6 Å². The molecule has 0 unspecified atom stereocenters. The first-order valence-corrected chi connectivity index (χ1v) is 5.89. The molecule has 0 amide bonds. The smallest absolute Gasteiger partial charge is 0.346 e. The van der Waals surface area contributed by atoms with E-state index in [1.54, 1.807) is 0 Å². The van der Waals surface area contributed by atoms with Crippen LogP contribution in [0.15, 0.2) is 5.38 Å². The van der Waals surface area contributed by atoms with E-state index in [1.807, 2.05) is 4.90 Å². The Morgan fingerprint density at radius 3 is 2.69 bits per heavy atom. The molecule has 0 bridgehead atoms. The molecule has 1 aromatic heterocycles. The van der Waals surface area contributed by atoms with E-state index in [4.69, 9.17) is 0 Å². The largest absolute Gasteiger partial charge is 0.394 e. The lowest BCUT2D eigenvalue weighted by Crippen LogP contribution is -2.43. The monoisotopic (exact) mass is 251 g/mol. The minimum atomic E-state index is -4.17. The number of halogens is 3. The third-order valence-electron chi connectivity index (χ3n) is 2.31. The number of nitrogens with one attached hydrogen (secondary N) is 1. The topological polar surface area (TPSA) is 28.2 Å². The third kappa shape index (κ3) is 3.08. The standard InChI is InChI=1S/C9H12F3N3S/c10-9(11,12)5-7-6-16-8(14-7)15-3-1-13-2-4-15/h6,13H,1-5H2. The molecule has 0 atom stereocenters. The van der Waals surface area contributed by atoms with Crippen LogP contribution in [0.5, 0.6) is 0 Å². The summed E-state index contributed by atoms with van der Waals surface area (Å²) < 4.78 is 36.4. The maximum atomic E-state index is 12.1. The lowest BCUT2D eigenvalue weighted by atomic mass is 10.3. The van der Waals surface area contributed by atoms with Gasteiger partial charge in [-0.25, -0.2) is 4.98 Å². The predicted octanol–water partition coefficient (Wildman–Crippen LogP) is 1.66. The number of aromatic nitrogens is 1. The van der Waals surface area contributed by atoms with E-state index in [-0.39, 0.29) is 5.69 Å². The normalized spacial score (nSPS) is 17.8. The van der Waals surface area contributed by atoms with Crippen LogP contribution in [0.3, 0.4) is 0 Å². The van der Waals surface area contributed by atoms with Crippen molar-refractivity contribution in [1.82, 2.24) is 10.3 Å². The van der Waals surface area contributed by atoms with Crippen molar-refractivity contribution in [3.63, 3.8) is 0 Å². The van der Waals surface area contributed by atoms with Gasteiger partial charge in [0.1, 0.15) is 0 Å². The van der Waals surface area contributed by atoms with Gasteiger partial charge < -0.3 is 10.2 Å². The summed E-state index contributed by atoms with van der Waals surface area (Å²) in [6.45, 7) is 3.32. The summed E-state index contributed by atoms with van der Waals surface area (Å²) in [4.78, 5) is 6.03. The van der Waals surface area contributed by atoms with E-state index in [2.05, 4.69) is 10.3 Å². The van der Waals surface area contributed by atoms with E-state index in [9.17, 15) is 13.2 Å². The highest BCUT2D eigenvalue weighted by molar-refractivity contribution is 7.13. The molecular weight excluding hydrogens is 239 g/mol. The predicted molar refractivity (Wildman–Crippen MR) is 57.0 cm³/mol. The van der Waals surface area contributed by atoms with Gasteiger partial charge >= 0.3 is 6.18 Å². The Morgan fingerprint density at radius 1 is 1.38 bits per heavy atom. The molecule has 7 heteroatoms. The quantitative estimate of drug-likeness (QED) is 0.866. The molecule has 90 valence electrons. The summed E-state index contributed by atoms with van der Waals surface area (Å²) in [5, 5.41) is 5.37. The Labute approximate surface area is 95.3 Å². The number of hydrogen-bond acceptors (Lipinski definition) is 4. The van der Waals surface area contributed by atoms with Gasteiger partial charge in [-0.2, -0.15) is 13.2 Å². The van der Waals surface area contributed by atoms with Gasteiger partial charge in [0.15, 0.2) is 5.13 Å². The average Bonchev–Trinajstić information content (AvgIpc) is 2.65. The first kappa shape index (κ1) is 11.7. The number of thiazole rings is 1. The van der Waals surface area contributed by atoms with E-state index in [0.717, 1.165) is 26.2 Å². The van der Waals surface area contributed by atoms with Gasteiger partial charge in [0, 0.05) is 31.6 Å². The fourth-order valence-corrected chi connectivity index (χ4v) is 2.46. The number of rotatable bonds is 2. The molecule has 0 radical (unpaired) electrons. The number of alkyl halides is 3. The van der Waals surface area contributed by atoms with Gasteiger partial charge in [-0.15, -0.1) is 11.3 Å². The molecule has 1 aliphatic heterocycles. The SMILES string of the molecule is FC(F)(F)Cc1csc(N2CCNCC2)n1. The highest BCUT2D eigenvalue weighted by Gasteiger charge is 2.29. The molecule has 2 heterocycles. The molecule has 16 heavy (non-hydrogen) atoms. The highest BCUT2D eigenvalue weighted by Crippen LogP contribution is 2.26. The summed E-state index contributed by atoms with van der Waals surface area (Å²) in [5.41, 5.74) is 0.117. The van der Waals surface area contributed by atoms with Gasteiger partial charge in [-0.1, -0.05) is 0 Å². The second-order valence-corrected chi connectivity index (χ2v) is 4.49. The highest BCUT2D eigenvalue weighted by atomic mass is 32.1. The minimum Gasteiger partial charge on any atom is -0.346 e. The van der Waals surface area contributed by atoms with E-state index >= 15 is 0 Å². The molecular formula is C9H12F3N3S. The zero-order chi connectivity index (χ0) is 11.6. The zero-order valence-corrected chi connectivity index (χ0v) is 9.37. The maximum absolute atomic E-state index is 12.1. The third-order valence-corrected chi connectivity index (χ3v) is 3.26. The molecule has 0 saturated carbocycles. The first-order valence-electron chi connectivity index (χ1n) is 5.01. The van der Waals surface area contributed by atoms with Crippen LogP contribution in [0.25, 0.3) is 0 Å². The molecule has 1 fully saturated rings. The summed E-state index contributed by atoms with van der Waals surface area (Å²) >= 11 is 1.28. The number of hydrogen-bond donors (Lipinski definition) is 1. The summed E-state index contributed by atoms with van der Waals surface area (Å²) in [6, 6.07) is 0.